The third-order valence-electron chi connectivity index (χ3n) is 2.99. The molecule has 0 spiro atoms. The van der Waals surface area contributed by atoms with Crippen molar-refractivity contribution in [2.24, 2.45) is 0 Å². The van der Waals surface area contributed by atoms with Crippen LogP contribution in [0.5, 0.6) is 0 Å². The van der Waals surface area contributed by atoms with Gasteiger partial charge in [0.05, 0.1) is 17.6 Å². The summed E-state index contributed by atoms with van der Waals surface area (Å²) in [6, 6.07) is 0. The summed E-state index contributed by atoms with van der Waals surface area (Å²) >= 11 is 0. The molecule has 1 heterocycles. The summed E-state index contributed by atoms with van der Waals surface area (Å²) in [5.41, 5.74) is -0.0108. The number of aliphatic hydroxyl groups excluding tert-OH is 1. The molecule has 1 aliphatic heterocycles. The minimum Gasteiger partial charge on any atom is -0.390 e. The first kappa shape index (κ1) is 15.9. The lowest BCUT2D eigenvalue weighted by molar-refractivity contribution is 0.109. The van der Waals surface area contributed by atoms with Crippen molar-refractivity contribution in [3.8, 4) is 0 Å². The van der Waals surface area contributed by atoms with Crippen LogP contribution in [0.3, 0.4) is 0 Å². The van der Waals surface area contributed by atoms with E-state index in [2.05, 4.69) is 26.1 Å². The van der Waals surface area contributed by atoms with Crippen molar-refractivity contribution in [3.63, 3.8) is 0 Å². The zero-order valence-corrected chi connectivity index (χ0v) is 12.5. The van der Waals surface area contributed by atoms with E-state index < -0.39 is 15.9 Å². The number of aliphatic hydroxyl groups is 1. The summed E-state index contributed by atoms with van der Waals surface area (Å²) in [4.78, 5) is 2.04. The van der Waals surface area contributed by atoms with Gasteiger partial charge in [-0.3, -0.25) is 4.90 Å². The Kier molecular flexibility index (Phi) is 5.58. The average molecular weight is 278 g/mol. The van der Waals surface area contributed by atoms with Crippen LogP contribution in [0.15, 0.2) is 0 Å². The third kappa shape index (κ3) is 6.68. The van der Waals surface area contributed by atoms with Crippen LogP contribution in [0.25, 0.3) is 0 Å². The molecule has 0 aromatic rings. The maximum atomic E-state index is 11.5. The van der Waals surface area contributed by atoms with Crippen molar-refractivity contribution < 1.29 is 13.5 Å². The Labute approximate surface area is 110 Å². The first-order valence-electron chi connectivity index (χ1n) is 6.54. The molecule has 0 amide bonds. The van der Waals surface area contributed by atoms with E-state index in [0.717, 1.165) is 6.54 Å². The third-order valence-corrected chi connectivity index (χ3v) is 4.70. The van der Waals surface area contributed by atoms with E-state index in [-0.39, 0.29) is 17.0 Å². The Morgan fingerprint density at radius 1 is 1.28 bits per heavy atom. The summed E-state index contributed by atoms with van der Waals surface area (Å²) in [5.74, 6) is 0.492. The molecule has 6 heteroatoms. The van der Waals surface area contributed by atoms with Crippen LogP contribution in [0, 0.1) is 0 Å². The van der Waals surface area contributed by atoms with Gasteiger partial charge in [0.15, 0.2) is 9.84 Å². The second kappa shape index (κ2) is 6.32. The number of rotatable bonds is 4. The standard InChI is InChI=1S/C12H26N2O3S/c1-12(2,3)13-9-11(15)10-14-5-4-7-18(16,17)8-6-14/h11,13,15H,4-10H2,1-3H3. The lowest BCUT2D eigenvalue weighted by Crippen LogP contribution is -2.45. The van der Waals surface area contributed by atoms with Crippen LogP contribution >= 0.6 is 0 Å². The molecule has 0 saturated carbocycles. The molecular formula is C12H26N2O3S. The van der Waals surface area contributed by atoms with Crippen LogP contribution in [0.4, 0.5) is 0 Å². The molecule has 0 aromatic heterocycles. The Morgan fingerprint density at radius 3 is 2.56 bits per heavy atom. The topological polar surface area (TPSA) is 69.6 Å². The van der Waals surface area contributed by atoms with Gasteiger partial charge >= 0.3 is 0 Å². The predicted molar refractivity (Wildman–Crippen MR) is 73.5 cm³/mol. The minimum atomic E-state index is -2.86. The fourth-order valence-electron chi connectivity index (χ4n) is 1.96. The molecule has 0 bridgehead atoms. The molecule has 1 rings (SSSR count). The fraction of sp³-hybridized carbons (Fsp3) is 1.00. The van der Waals surface area contributed by atoms with Gasteiger partial charge < -0.3 is 10.4 Å². The highest BCUT2D eigenvalue weighted by Gasteiger charge is 2.21. The highest BCUT2D eigenvalue weighted by molar-refractivity contribution is 7.91. The zero-order chi connectivity index (χ0) is 13.8. The lowest BCUT2D eigenvalue weighted by atomic mass is 10.1. The van der Waals surface area contributed by atoms with Crippen LogP contribution in [-0.4, -0.2) is 67.8 Å². The number of hydrogen-bond donors (Lipinski definition) is 2. The van der Waals surface area contributed by atoms with Crippen LogP contribution in [0.1, 0.15) is 27.2 Å². The van der Waals surface area contributed by atoms with Crippen molar-refractivity contribution in [3.05, 3.63) is 0 Å². The van der Waals surface area contributed by atoms with E-state index in [9.17, 15) is 13.5 Å². The van der Waals surface area contributed by atoms with Gasteiger partial charge in [-0.15, -0.1) is 0 Å². The molecule has 0 aliphatic carbocycles. The van der Waals surface area contributed by atoms with E-state index in [1.165, 1.54) is 0 Å². The number of nitrogens with one attached hydrogen (secondary N) is 1. The molecule has 1 unspecified atom stereocenters. The van der Waals surface area contributed by atoms with E-state index >= 15 is 0 Å². The van der Waals surface area contributed by atoms with Gasteiger partial charge in [0.25, 0.3) is 0 Å². The summed E-state index contributed by atoms with van der Waals surface area (Å²) in [6.07, 6.45) is 0.215. The van der Waals surface area contributed by atoms with Gasteiger partial charge in [-0.25, -0.2) is 8.42 Å². The van der Waals surface area contributed by atoms with Crippen molar-refractivity contribution in [2.45, 2.75) is 38.8 Å². The Morgan fingerprint density at radius 2 is 1.94 bits per heavy atom. The lowest BCUT2D eigenvalue weighted by Gasteiger charge is -2.26. The largest absolute Gasteiger partial charge is 0.390 e. The van der Waals surface area contributed by atoms with Crippen LogP contribution in [0.2, 0.25) is 0 Å². The molecule has 2 N–H and O–H groups in total. The zero-order valence-electron chi connectivity index (χ0n) is 11.6. The van der Waals surface area contributed by atoms with Crippen molar-refractivity contribution in [1.82, 2.24) is 10.2 Å². The predicted octanol–water partition coefficient (Wildman–Crippen LogP) is -0.144. The Balaban J connectivity index is 2.34. The molecule has 1 atom stereocenters. The van der Waals surface area contributed by atoms with Gasteiger partial charge in [0.2, 0.25) is 0 Å². The first-order valence-corrected chi connectivity index (χ1v) is 8.36. The molecule has 0 radical (unpaired) electrons. The normalized spacial score (nSPS) is 23.6. The average Bonchev–Trinajstić information content (AvgIpc) is 2.37. The number of nitrogens with zero attached hydrogens (tertiary/aromatic N) is 1. The highest BCUT2D eigenvalue weighted by atomic mass is 32.2. The van der Waals surface area contributed by atoms with E-state index in [0.29, 0.717) is 26.1 Å². The number of sulfone groups is 1. The minimum absolute atomic E-state index is 0.0108. The quantitative estimate of drug-likeness (QED) is 0.749. The molecule has 5 nitrogen and oxygen atoms in total. The Bertz CT molecular complexity index is 349. The van der Waals surface area contributed by atoms with Crippen molar-refractivity contribution in [2.75, 3.05) is 37.7 Å². The molecule has 1 saturated heterocycles. The SMILES string of the molecule is CC(C)(C)NCC(O)CN1CCCS(=O)(=O)CC1. The summed E-state index contributed by atoms with van der Waals surface area (Å²) in [7, 11) is -2.86. The van der Waals surface area contributed by atoms with Crippen molar-refractivity contribution >= 4 is 9.84 Å². The van der Waals surface area contributed by atoms with Crippen LogP contribution < -0.4 is 5.32 Å². The van der Waals surface area contributed by atoms with Gasteiger partial charge in [-0.1, -0.05) is 0 Å². The number of hydrogen-bond acceptors (Lipinski definition) is 5. The van der Waals surface area contributed by atoms with Gasteiger partial charge in [0, 0.05) is 25.2 Å². The van der Waals surface area contributed by atoms with Crippen molar-refractivity contribution in [1.29, 1.82) is 0 Å². The summed E-state index contributed by atoms with van der Waals surface area (Å²) < 4.78 is 22.9. The molecule has 108 valence electrons. The van der Waals surface area contributed by atoms with E-state index in [4.69, 9.17) is 0 Å². The second-order valence-corrected chi connectivity index (χ2v) is 8.39. The maximum Gasteiger partial charge on any atom is 0.151 e. The molecule has 18 heavy (non-hydrogen) atoms. The molecule has 1 fully saturated rings. The summed E-state index contributed by atoms with van der Waals surface area (Å²) in [5, 5.41) is 13.2. The first-order chi connectivity index (χ1) is 8.18. The van der Waals surface area contributed by atoms with E-state index in [1.807, 2.05) is 4.90 Å². The maximum absolute atomic E-state index is 11.5. The molecular weight excluding hydrogens is 252 g/mol. The van der Waals surface area contributed by atoms with Gasteiger partial charge in [-0.05, 0) is 33.7 Å². The fourth-order valence-corrected chi connectivity index (χ4v) is 3.27. The molecule has 1 aliphatic rings. The monoisotopic (exact) mass is 278 g/mol. The van der Waals surface area contributed by atoms with Crippen LogP contribution in [-0.2, 0) is 9.84 Å². The van der Waals surface area contributed by atoms with Gasteiger partial charge in [0.1, 0.15) is 0 Å². The Hall–Kier alpha value is -0.170. The van der Waals surface area contributed by atoms with Gasteiger partial charge in [-0.2, -0.15) is 0 Å². The smallest absolute Gasteiger partial charge is 0.151 e. The van der Waals surface area contributed by atoms with E-state index in [1.54, 1.807) is 0 Å². The second-order valence-electron chi connectivity index (χ2n) is 6.09. The molecule has 0 aromatic carbocycles. The highest BCUT2D eigenvalue weighted by Crippen LogP contribution is 2.06. The number of β-amino-alcohol motifs (C(OH)–C–C–N with tert-alkyl or cyclic N) is 1. The summed E-state index contributed by atoms with van der Waals surface area (Å²) in [6.45, 7) is 8.53.